The fraction of sp³-hybridized carbons (Fsp3) is 0.368. The van der Waals surface area contributed by atoms with Gasteiger partial charge < -0.3 is 15.4 Å². The van der Waals surface area contributed by atoms with Crippen LogP contribution in [0.3, 0.4) is 0 Å². The lowest BCUT2D eigenvalue weighted by atomic mass is 9.92. The van der Waals surface area contributed by atoms with Gasteiger partial charge in [-0.15, -0.1) is 0 Å². The molecule has 0 radical (unpaired) electrons. The van der Waals surface area contributed by atoms with Crippen LogP contribution < -0.4 is 15.4 Å². The number of hydrogen-bond donors (Lipinski definition) is 2. The minimum absolute atomic E-state index is 0.401. The van der Waals surface area contributed by atoms with Crippen LogP contribution >= 0.6 is 27.7 Å². The second-order valence-corrected chi connectivity index (χ2v) is 8.36. The number of thioether (sulfide) groups is 1. The molecule has 1 saturated heterocycles. The zero-order chi connectivity index (χ0) is 17.8. The highest BCUT2D eigenvalue weighted by Crippen LogP contribution is 2.33. The first-order chi connectivity index (χ1) is 12.8. The van der Waals surface area contributed by atoms with Gasteiger partial charge >= 0.3 is 0 Å². The number of benzene rings is 1. The summed E-state index contributed by atoms with van der Waals surface area (Å²) in [5, 5.41) is 7.72. The lowest BCUT2D eigenvalue weighted by molar-refractivity contribution is 0.336. The molecule has 5 nitrogen and oxygen atoms in total. The van der Waals surface area contributed by atoms with Gasteiger partial charge in [-0.1, -0.05) is 30.0 Å². The Morgan fingerprint density at radius 1 is 1.19 bits per heavy atom. The number of nitrogens with zero attached hydrogens (tertiary/aromatic N) is 2. The summed E-state index contributed by atoms with van der Waals surface area (Å²) in [7, 11) is 0. The predicted octanol–water partition coefficient (Wildman–Crippen LogP) is 4.52. The zero-order valence-corrected chi connectivity index (χ0v) is 16.7. The molecule has 1 aromatic heterocycles. The minimum Gasteiger partial charge on any atom is -0.453 e. The fourth-order valence-electron chi connectivity index (χ4n) is 3.24. The number of para-hydroxylation sites is 1. The minimum atomic E-state index is 0.401. The largest absolute Gasteiger partial charge is 0.453 e. The molecule has 0 saturated carbocycles. The molecule has 2 aliphatic heterocycles. The number of aliphatic imine (C=N–C) groups is 1. The molecular formula is C19H21BrN4OS. The number of ether oxygens (including phenoxy) is 1. The van der Waals surface area contributed by atoms with Gasteiger partial charge in [-0.05, 0) is 59.9 Å². The number of pyridine rings is 1. The number of nitrogens with one attached hydrogen (secondary N) is 2. The van der Waals surface area contributed by atoms with Gasteiger partial charge in [0.15, 0.2) is 16.7 Å². The van der Waals surface area contributed by atoms with Gasteiger partial charge in [0.2, 0.25) is 0 Å². The number of anilines is 1. The molecule has 1 unspecified atom stereocenters. The van der Waals surface area contributed by atoms with E-state index < -0.39 is 0 Å². The van der Waals surface area contributed by atoms with Gasteiger partial charge in [0, 0.05) is 22.5 Å². The Morgan fingerprint density at radius 3 is 2.81 bits per heavy atom. The molecule has 26 heavy (non-hydrogen) atoms. The van der Waals surface area contributed by atoms with E-state index in [0.29, 0.717) is 23.5 Å². The van der Waals surface area contributed by atoms with Crippen LogP contribution in [0.25, 0.3) is 0 Å². The maximum atomic E-state index is 6.02. The molecule has 4 rings (SSSR count). The van der Waals surface area contributed by atoms with Gasteiger partial charge in [0.25, 0.3) is 0 Å². The maximum absolute atomic E-state index is 6.02. The Bertz CT molecular complexity index is 780. The molecular weight excluding hydrogens is 412 g/mol. The number of piperidine rings is 1. The topological polar surface area (TPSA) is 58.5 Å². The average molecular weight is 433 g/mol. The highest BCUT2D eigenvalue weighted by atomic mass is 79.9. The molecule has 0 aliphatic carbocycles. The fourth-order valence-corrected chi connectivity index (χ4v) is 4.60. The van der Waals surface area contributed by atoms with Crippen LogP contribution in [-0.4, -0.2) is 35.0 Å². The van der Waals surface area contributed by atoms with Crippen LogP contribution in [0.5, 0.6) is 11.5 Å². The van der Waals surface area contributed by atoms with Gasteiger partial charge in [-0.2, -0.15) is 0 Å². The summed E-state index contributed by atoms with van der Waals surface area (Å²) in [6.07, 6.45) is 4.19. The Balaban J connectivity index is 1.49. The quantitative estimate of drug-likeness (QED) is 0.743. The monoisotopic (exact) mass is 432 g/mol. The van der Waals surface area contributed by atoms with E-state index >= 15 is 0 Å². The third-order valence-electron chi connectivity index (χ3n) is 4.62. The van der Waals surface area contributed by atoms with Crippen LogP contribution in [0.4, 0.5) is 5.82 Å². The molecule has 0 amide bonds. The van der Waals surface area contributed by atoms with Crippen molar-refractivity contribution in [1.29, 1.82) is 0 Å². The molecule has 1 aromatic carbocycles. The van der Waals surface area contributed by atoms with Crippen LogP contribution in [0.2, 0.25) is 0 Å². The van der Waals surface area contributed by atoms with Crippen molar-refractivity contribution in [3.63, 3.8) is 0 Å². The standard InChI is InChI=1S/C19H21BrN4OS/c20-14-10-17(25-15-4-2-1-3-5-15)18(22-11-14)24-19-23-16(12-26-19)13-6-8-21-9-7-13/h1-5,10-11,13,16,21H,6-9,12H2,(H,22,23,24). The van der Waals surface area contributed by atoms with Gasteiger partial charge in [0.05, 0.1) is 6.04 Å². The summed E-state index contributed by atoms with van der Waals surface area (Å²) in [6, 6.07) is 12.1. The summed E-state index contributed by atoms with van der Waals surface area (Å²) in [5.41, 5.74) is 0. The van der Waals surface area contributed by atoms with Crippen molar-refractivity contribution in [1.82, 2.24) is 10.3 Å². The van der Waals surface area contributed by atoms with Crippen molar-refractivity contribution in [3.8, 4) is 11.5 Å². The summed E-state index contributed by atoms with van der Waals surface area (Å²) < 4.78 is 6.89. The highest BCUT2D eigenvalue weighted by Gasteiger charge is 2.28. The first-order valence-electron chi connectivity index (χ1n) is 8.85. The average Bonchev–Trinajstić information content (AvgIpc) is 3.14. The van der Waals surface area contributed by atoms with E-state index in [1.165, 1.54) is 12.8 Å². The number of hydrogen-bond acceptors (Lipinski definition) is 6. The number of rotatable bonds is 4. The van der Waals surface area contributed by atoms with Crippen LogP contribution in [0, 0.1) is 5.92 Å². The highest BCUT2D eigenvalue weighted by molar-refractivity contribution is 9.10. The molecule has 2 aromatic rings. The zero-order valence-electron chi connectivity index (χ0n) is 14.3. The molecule has 3 heterocycles. The Labute approximate surface area is 166 Å². The summed E-state index contributed by atoms with van der Waals surface area (Å²) >= 11 is 5.24. The summed E-state index contributed by atoms with van der Waals surface area (Å²) in [4.78, 5) is 9.40. The van der Waals surface area contributed by atoms with E-state index in [-0.39, 0.29) is 0 Å². The third-order valence-corrected chi connectivity index (χ3v) is 6.04. The number of aromatic nitrogens is 1. The maximum Gasteiger partial charge on any atom is 0.175 e. The molecule has 0 spiro atoms. The van der Waals surface area contributed by atoms with E-state index in [1.807, 2.05) is 36.4 Å². The predicted molar refractivity (Wildman–Crippen MR) is 111 cm³/mol. The van der Waals surface area contributed by atoms with Crippen molar-refractivity contribution in [2.24, 2.45) is 10.9 Å². The molecule has 1 atom stereocenters. The number of halogens is 1. The molecule has 2 N–H and O–H groups in total. The van der Waals surface area contributed by atoms with E-state index in [9.17, 15) is 0 Å². The van der Waals surface area contributed by atoms with Crippen LogP contribution in [0.1, 0.15) is 12.8 Å². The lowest BCUT2D eigenvalue weighted by Crippen LogP contribution is -2.33. The van der Waals surface area contributed by atoms with Crippen LogP contribution in [-0.2, 0) is 0 Å². The van der Waals surface area contributed by atoms with Crippen LogP contribution in [0.15, 0.2) is 52.1 Å². The normalized spacial score (nSPS) is 20.7. The summed E-state index contributed by atoms with van der Waals surface area (Å²) in [6.45, 7) is 2.21. The lowest BCUT2D eigenvalue weighted by Gasteiger charge is -2.25. The van der Waals surface area contributed by atoms with Crippen molar-refractivity contribution in [2.45, 2.75) is 18.9 Å². The molecule has 136 valence electrons. The summed E-state index contributed by atoms with van der Waals surface area (Å²) in [5.74, 6) is 3.87. The van der Waals surface area contributed by atoms with E-state index in [4.69, 9.17) is 9.73 Å². The second kappa shape index (κ2) is 8.41. The first kappa shape index (κ1) is 17.8. The molecule has 7 heteroatoms. The molecule has 2 aliphatic rings. The number of amidine groups is 1. The van der Waals surface area contributed by atoms with Crippen molar-refractivity contribution >= 4 is 38.7 Å². The Morgan fingerprint density at radius 2 is 2.00 bits per heavy atom. The third kappa shape index (κ3) is 4.39. The van der Waals surface area contributed by atoms with E-state index in [2.05, 4.69) is 31.5 Å². The smallest absolute Gasteiger partial charge is 0.175 e. The Hall–Kier alpha value is -1.57. The first-order valence-corrected chi connectivity index (χ1v) is 10.6. The SMILES string of the molecule is Brc1cnc(NC2=NC(C3CCNCC3)CS2)c(Oc2ccccc2)c1. The second-order valence-electron chi connectivity index (χ2n) is 6.44. The molecule has 1 fully saturated rings. The van der Waals surface area contributed by atoms with Gasteiger partial charge in [-0.25, -0.2) is 4.98 Å². The van der Waals surface area contributed by atoms with Crippen molar-refractivity contribution < 1.29 is 4.74 Å². The molecule has 0 bridgehead atoms. The Kier molecular flexibility index (Phi) is 5.77. The van der Waals surface area contributed by atoms with E-state index in [0.717, 1.165) is 34.2 Å². The van der Waals surface area contributed by atoms with Gasteiger partial charge in [-0.3, -0.25) is 4.99 Å². The van der Waals surface area contributed by atoms with Crippen molar-refractivity contribution in [2.75, 3.05) is 24.2 Å². The van der Waals surface area contributed by atoms with E-state index in [1.54, 1.807) is 18.0 Å². The van der Waals surface area contributed by atoms with Gasteiger partial charge in [0.1, 0.15) is 5.75 Å². The van der Waals surface area contributed by atoms with Crippen molar-refractivity contribution in [3.05, 3.63) is 47.1 Å².